The van der Waals surface area contributed by atoms with Crippen LogP contribution in [0.1, 0.15) is 6.42 Å². The van der Waals surface area contributed by atoms with Crippen LogP contribution >= 0.6 is 15.9 Å². The summed E-state index contributed by atoms with van der Waals surface area (Å²) in [6, 6.07) is 14.0. The summed E-state index contributed by atoms with van der Waals surface area (Å²) in [5.41, 5.74) is 0.232. The summed E-state index contributed by atoms with van der Waals surface area (Å²) in [4.78, 5) is 23.9. The van der Waals surface area contributed by atoms with Gasteiger partial charge in [-0.15, -0.1) is 5.10 Å². The first-order valence-electron chi connectivity index (χ1n) is 7.98. The van der Waals surface area contributed by atoms with E-state index < -0.39 is 11.9 Å². The standard InChI is InChI=1S/C18H16BrN3O4/c19-13-5-7-14(8-6-13)26-11-12(18(24)25)9-10-22-17(23)15-3-1-2-4-16(15)20-21-22/h1-8,12H,9-11H2,(H,24,25). The molecule has 134 valence electrons. The molecule has 0 saturated carbocycles. The van der Waals surface area contributed by atoms with Crippen molar-refractivity contribution in [3.63, 3.8) is 0 Å². The zero-order valence-corrected chi connectivity index (χ0v) is 15.3. The zero-order chi connectivity index (χ0) is 18.5. The second-order valence-corrected chi connectivity index (χ2v) is 6.64. The van der Waals surface area contributed by atoms with Gasteiger partial charge in [-0.25, -0.2) is 4.68 Å². The number of aromatic nitrogens is 3. The molecule has 1 aromatic heterocycles. The van der Waals surface area contributed by atoms with Crippen molar-refractivity contribution in [2.75, 3.05) is 6.61 Å². The van der Waals surface area contributed by atoms with Crippen LogP contribution in [0, 0.1) is 5.92 Å². The van der Waals surface area contributed by atoms with Crippen LogP contribution < -0.4 is 10.3 Å². The highest BCUT2D eigenvalue weighted by molar-refractivity contribution is 9.10. The zero-order valence-electron chi connectivity index (χ0n) is 13.7. The van der Waals surface area contributed by atoms with Gasteiger partial charge in [0.2, 0.25) is 0 Å². The molecule has 1 unspecified atom stereocenters. The molecule has 0 amide bonds. The van der Waals surface area contributed by atoms with E-state index in [9.17, 15) is 14.7 Å². The third-order valence-corrected chi connectivity index (χ3v) is 4.46. The fourth-order valence-electron chi connectivity index (χ4n) is 2.45. The van der Waals surface area contributed by atoms with E-state index in [0.717, 1.165) is 4.47 Å². The molecule has 2 aromatic carbocycles. The Labute approximate surface area is 157 Å². The number of carboxylic acid groups (broad SMARTS) is 1. The molecule has 1 atom stereocenters. The quantitative estimate of drug-likeness (QED) is 0.634. The van der Waals surface area contributed by atoms with Gasteiger partial charge in [-0.05, 0) is 42.8 Å². The number of fused-ring (bicyclic) bond motifs is 1. The van der Waals surface area contributed by atoms with Crippen molar-refractivity contribution >= 4 is 32.8 Å². The monoisotopic (exact) mass is 417 g/mol. The highest BCUT2D eigenvalue weighted by Gasteiger charge is 2.19. The van der Waals surface area contributed by atoms with Crippen molar-refractivity contribution in [2.45, 2.75) is 13.0 Å². The predicted octanol–water partition coefficient (Wildman–Crippen LogP) is 2.72. The Kier molecular flexibility index (Phi) is 5.62. The largest absolute Gasteiger partial charge is 0.493 e. The van der Waals surface area contributed by atoms with Crippen molar-refractivity contribution < 1.29 is 14.6 Å². The van der Waals surface area contributed by atoms with E-state index in [1.54, 1.807) is 36.4 Å². The summed E-state index contributed by atoms with van der Waals surface area (Å²) in [5, 5.41) is 17.7. The number of nitrogens with zero attached hydrogens (tertiary/aromatic N) is 3. The summed E-state index contributed by atoms with van der Waals surface area (Å²) >= 11 is 3.33. The number of aryl methyl sites for hydroxylation is 1. The van der Waals surface area contributed by atoms with Crippen LogP contribution in [0.4, 0.5) is 0 Å². The van der Waals surface area contributed by atoms with E-state index in [1.165, 1.54) is 4.68 Å². The maximum Gasteiger partial charge on any atom is 0.310 e. The molecule has 1 N–H and O–H groups in total. The SMILES string of the molecule is O=C(O)C(CCn1nnc2ccccc2c1=O)COc1ccc(Br)cc1. The van der Waals surface area contributed by atoms with Crippen LogP contribution in [0.2, 0.25) is 0 Å². The lowest BCUT2D eigenvalue weighted by Gasteiger charge is -2.14. The minimum absolute atomic E-state index is 0.00667. The third-order valence-electron chi connectivity index (χ3n) is 3.93. The molecule has 26 heavy (non-hydrogen) atoms. The molecule has 0 saturated heterocycles. The first-order valence-corrected chi connectivity index (χ1v) is 8.77. The van der Waals surface area contributed by atoms with Crippen molar-refractivity contribution in [3.05, 3.63) is 63.4 Å². The second-order valence-electron chi connectivity index (χ2n) is 5.72. The summed E-state index contributed by atoms with van der Waals surface area (Å²) in [5.74, 6) is -1.16. The Hall–Kier alpha value is -2.74. The van der Waals surface area contributed by atoms with Crippen molar-refractivity contribution in [1.82, 2.24) is 15.0 Å². The van der Waals surface area contributed by atoms with Gasteiger partial charge in [-0.3, -0.25) is 9.59 Å². The molecule has 0 fully saturated rings. The highest BCUT2D eigenvalue weighted by atomic mass is 79.9. The van der Waals surface area contributed by atoms with Crippen LogP contribution in [0.3, 0.4) is 0 Å². The van der Waals surface area contributed by atoms with E-state index in [-0.39, 0.29) is 25.1 Å². The summed E-state index contributed by atoms with van der Waals surface area (Å²) in [7, 11) is 0. The lowest BCUT2D eigenvalue weighted by molar-refractivity contribution is -0.143. The number of hydrogen-bond acceptors (Lipinski definition) is 5. The Morgan fingerprint density at radius 1 is 1.19 bits per heavy atom. The molecule has 3 aromatic rings. The number of halogens is 1. The maximum absolute atomic E-state index is 12.4. The second kappa shape index (κ2) is 8.09. The predicted molar refractivity (Wildman–Crippen MR) is 99.2 cm³/mol. The summed E-state index contributed by atoms with van der Waals surface area (Å²) in [6.07, 6.45) is 0.207. The van der Waals surface area contributed by atoms with Gasteiger partial charge in [0.05, 0.1) is 11.3 Å². The van der Waals surface area contributed by atoms with E-state index >= 15 is 0 Å². The van der Waals surface area contributed by atoms with Gasteiger partial charge in [0.15, 0.2) is 0 Å². The van der Waals surface area contributed by atoms with E-state index in [4.69, 9.17) is 4.74 Å². The van der Waals surface area contributed by atoms with Gasteiger partial charge in [0.25, 0.3) is 5.56 Å². The van der Waals surface area contributed by atoms with Gasteiger partial charge >= 0.3 is 5.97 Å². The number of rotatable bonds is 7. The molecule has 7 nitrogen and oxygen atoms in total. The molecule has 8 heteroatoms. The molecule has 0 spiro atoms. The van der Waals surface area contributed by atoms with Crippen LogP contribution in [-0.4, -0.2) is 32.7 Å². The lowest BCUT2D eigenvalue weighted by atomic mass is 10.1. The van der Waals surface area contributed by atoms with E-state index in [0.29, 0.717) is 16.7 Å². The Bertz CT molecular complexity index is 972. The van der Waals surface area contributed by atoms with Gasteiger partial charge in [-0.2, -0.15) is 0 Å². The molecule has 0 bridgehead atoms. The maximum atomic E-state index is 12.4. The first kappa shape index (κ1) is 18.1. The molecule has 0 aliphatic rings. The minimum Gasteiger partial charge on any atom is -0.493 e. The number of carboxylic acids is 1. The molecule has 0 aliphatic carbocycles. The van der Waals surface area contributed by atoms with E-state index in [1.807, 2.05) is 12.1 Å². The van der Waals surface area contributed by atoms with Gasteiger partial charge in [0, 0.05) is 11.0 Å². The normalized spacial score (nSPS) is 12.0. The molecule has 0 radical (unpaired) electrons. The van der Waals surface area contributed by atoms with Gasteiger partial charge in [-0.1, -0.05) is 33.3 Å². The Morgan fingerprint density at radius 2 is 1.92 bits per heavy atom. The van der Waals surface area contributed by atoms with Gasteiger partial charge < -0.3 is 9.84 Å². The molecular formula is C18H16BrN3O4. The van der Waals surface area contributed by atoms with Crippen molar-refractivity contribution in [1.29, 1.82) is 0 Å². The smallest absolute Gasteiger partial charge is 0.310 e. The molecule has 0 aliphatic heterocycles. The van der Waals surface area contributed by atoms with Crippen LogP contribution in [0.5, 0.6) is 5.75 Å². The Morgan fingerprint density at radius 3 is 2.65 bits per heavy atom. The molecular weight excluding hydrogens is 402 g/mol. The van der Waals surface area contributed by atoms with Crippen LogP contribution in [0.15, 0.2) is 57.8 Å². The highest BCUT2D eigenvalue weighted by Crippen LogP contribution is 2.17. The average molecular weight is 418 g/mol. The van der Waals surface area contributed by atoms with Crippen molar-refractivity contribution in [2.24, 2.45) is 5.92 Å². The first-order chi connectivity index (χ1) is 12.5. The summed E-state index contributed by atoms with van der Waals surface area (Å²) < 4.78 is 7.65. The van der Waals surface area contributed by atoms with Gasteiger partial charge in [0.1, 0.15) is 17.9 Å². The number of benzene rings is 2. The van der Waals surface area contributed by atoms with E-state index in [2.05, 4.69) is 26.2 Å². The fourth-order valence-corrected chi connectivity index (χ4v) is 2.72. The average Bonchev–Trinajstić information content (AvgIpc) is 2.64. The summed E-state index contributed by atoms with van der Waals surface area (Å²) in [6.45, 7) is 0.157. The number of hydrogen-bond donors (Lipinski definition) is 1. The topological polar surface area (TPSA) is 94.3 Å². The number of aliphatic carboxylic acids is 1. The lowest BCUT2D eigenvalue weighted by Crippen LogP contribution is -2.28. The van der Waals surface area contributed by atoms with Crippen LogP contribution in [0.25, 0.3) is 10.9 Å². The minimum atomic E-state index is -0.982. The molecule has 1 heterocycles. The van der Waals surface area contributed by atoms with Crippen LogP contribution in [-0.2, 0) is 11.3 Å². The molecule has 3 rings (SSSR count). The number of carbonyl (C=O) groups is 1. The fraction of sp³-hybridized carbons (Fsp3) is 0.222. The number of ether oxygens (including phenoxy) is 1. The van der Waals surface area contributed by atoms with Crippen molar-refractivity contribution in [3.8, 4) is 5.75 Å². The Balaban J connectivity index is 1.67. The third kappa shape index (κ3) is 4.26.